The highest BCUT2D eigenvalue weighted by molar-refractivity contribution is 5.92. The Morgan fingerprint density at radius 1 is 1.27 bits per heavy atom. The highest BCUT2D eigenvalue weighted by Gasteiger charge is 2.35. The molecule has 26 heavy (non-hydrogen) atoms. The van der Waals surface area contributed by atoms with Crippen LogP contribution in [0.5, 0.6) is 0 Å². The number of ether oxygens (including phenoxy) is 1. The second kappa shape index (κ2) is 7.66. The highest BCUT2D eigenvalue weighted by atomic mass is 16.5. The summed E-state index contributed by atoms with van der Waals surface area (Å²) >= 11 is 0. The molecule has 1 aromatic carbocycles. The molecule has 2 aromatic rings. The Balaban J connectivity index is 1.48. The SMILES string of the molecule is COCCn1ncc2ccc(NC(=O)N3CCC[C@H]3C3CCCC3)cc21. The van der Waals surface area contributed by atoms with E-state index in [4.69, 9.17) is 4.74 Å². The van der Waals surface area contributed by atoms with Gasteiger partial charge in [-0.25, -0.2) is 4.79 Å². The number of hydrogen-bond donors (Lipinski definition) is 1. The second-order valence-corrected chi connectivity index (χ2v) is 7.51. The number of anilines is 1. The number of methoxy groups -OCH3 is 1. The van der Waals surface area contributed by atoms with E-state index in [0.717, 1.165) is 36.0 Å². The molecule has 0 spiro atoms. The molecule has 2 fully saturated rings. The van der Waals surface area contributed by atoms with Crippen LogP contribution >= 0.6 is 0 Å². The summed E-state index contributed by atoms with van der Waals surface area (Å²) in [5.74, 6) is 0.696. The molecule has 2 amide bonds. The van der Waals surface area contributed by atoms with E-state index in [-0.39, 0.29) is 6.03 Å². The summed E-state index contributed by atoms with van der Waals surface area (Å²) in [4.78, 5) is 15.0. The highest BCUT2D eigenvalue weighted by Crippen LogP contribution is 2.35. The molecule has 0 unspecified atom stereocenters. The second-order valence-electron chi connectivity index (χ2n) is 7.51. The van der Waals surface area contributed by atoms with Crippen LogP contribution in [0.1, 0.15) is 38.5 Å². The van der Waals surface area contributed by atoms with Gasteiger partial charge in [0.1, 0.15) is 0 Å². The monoisotopic (exact) mass is 356 g/mol. The maximum absolute atomic E-state index is 12.9. The van der Waals surface area contributed by atoms with Crippen molar-refractivity contribution in [3.05, 3.63) is 24.4 Å². The van der Waals surface area contributed by atoms with Gasteiger partial charge in [-0.05, 0) is 49.8 Å². The van der Waals surface area contributed by atoms with Crippen molar-refractivity contribution in [1.82, 2.24) is 14.7 Å². The molecule has 0 radical (unpaired) electrons. The van der Waals surface area contributed by atoms with Crippen molar-refractivity contribution < 1.29 is 9.53 Å². The lowest BCUT2D eigenvalue weighted by Crippen LogP contribution is -2.41. The van der Waals surface area contributed by atoms with Gasteiger partial charge in [-0.15, -0.1) is 0 Å². The Morgan fingerprint density at radius 2 is 2.12 bits per heavy atom. The van der Waals surface area contributed by atoms with Crippen LogP contribution in [-0.2, 0) is 11.3 Å². The van der Waals surface area contributed by atoms with Crippen molar-refractivity contribution in [3.63, 3.8) is 0 Å². The molecule has 1 aromatic heterocycles. The quantitative estimate of drug-likeness (QED) is 0.885. The van der Waals surface area contributed by atoms with Gasteiger partial charge in [0.2, 0.25) is 0 Å². The number of likely N-dealkylation sites (tertiary alicyclic amines) is 1. The van der Waals surface area contributed by atoms with Crippen molar-refractivity contribution in [2.75, 3.05) is 25.6 Å². The number of amides is 2. The third-order valence-electron chi connectivity index (χ3n) is 5.91. The van der Waals surface area contributed by atoms with E-state index in [1.165, 1.54) is 25.7 Å². The van der Waals surface area contributed by atoms with E-state index in [1.807, 2.05) is 29.1 Å². The number of nitrogens with one attached hydrogen (secondary N) is 1. The van der Waals surface area contributed by atoms with Crippen LogP contribution in [0.25, 0.3) is 10.9 Å². The van der Waals surface area contributed by atoms with Gasteiger partial charge in [0.25, 0.3) is 0 Å². The lowest BCUT2D eigenvalue weighted by Gasteiger charge is -2.29. The standard InChI is InChI=1S/C20H28N4O2/c1-26-12-11-24-19-13-17(9-8-16(19)14-21-24)22-20(25)23-10-4-7-18(23)15-5-2-3-6-15/h8-9,13-15,18H,2-7,10-12H2,1H3,(H,22,25)/t18-/m0/s1. The summed E-state index contributed by atoms with van der Waals surface area (Å²) in [7, 11) is 1.69. The van der Waals surface area contributed by atoms with Crippen molar-refractivity contribution in [2.24, 2.45) is 5.92 Å². The fraction of sp³-hybridized carbons (Fsp3) is 0.600. The normalized spacial score (nSPS) is 21.0. The van der Waals surface area contributed by atoms with Gasteiger partial charge in [-0.2, -0.15) is 5.10 Å². The number of carbonyl (C=O) groups excluding carboxylic acids is 1. The molecule has 6 heteroatoms. The van der Waals surface area contributed by atoms with Crippen LogP contribution < -0.4 is 5.32 Å². The molecule has 0 bridgehead atoms. The van der Waals surface area contributed by atoms with E-state index < -0.39 is 0 Å². The third-order valence-corrected chi connectivity index (χ3v) is 5.91. The first-order valence-electron chi connectivity index (χ1n) is 9.78. The Morgan fingerprint density at radius 3 is 2.92 bits per heavy atom. The topological polar surface area (TPSA) is 59.4 Å². The Hall–Kier alpha value is -2.08. The average molecular weight is 356 g/mol. The smallest absolute Gasteiger partial charge is 0.322 e. The number of fused-ring (bicyclic) bond motifs is 1. The maximum Gasteiger partial charge on any atom is 0.322 e. The Bertz CT molecular complexity index is 766. The summed E-state index contributed by atoms with van der Waals surface area (Å²) in [6, 6.07) is 6.45. The van der Waals surface area contributed by atoms with Crippen LogP contribution in [0.3, 0.4) is 0 Å². The number of carbonyl (C=O) groups is 1. The number of aromatic nitrogens is 2. The zero-order valence-corrected chi connectivity index (χ0v) is 15.5. The van der Waals surface area contributed by atoms with E-state index in [0.29, 0.717) is 25.1 Å². The average Bonchev–Trinajstić information content (AvgIpc) is 3.39. The fourth-order valence-corrected chi connectivity index (χ4v) is 4.58. The van der Waals surface area contributed by atoms with E-state index in [1.54, 1.807) is 7.11 Å². The predicted molar refractivity (Wildman–Crippen MR) is 102 cm³/mol. The summed E-state index contributed by atoms with van der Waals surface area (Å²) in [6.07, 6.45) is 9.32. The first kappa shape index (κ1) is 17.3. The maximum atomic E-state index is 12.9. The van der Waals surface area contributed by atoms with Gasteiger partial charge in [0, 0.05) is 30.8 Å². The fourth-order valence-electron chi connectivity index (χ4n) is 4.58. The minimum absolute atomic E-state index is 0.0432. The molecule has 1 saturated heterocycles. The number of nitrogens with zero attached hydrogens (tertiary/aromatic N) is 3. The van der Waals surface area contributed by atoms with Crippen LogP contribution in [0, 0.1) is 5.92 Å². The largest absolute Gasteiger partial charge is 0.383 e. The Labute approximate surface area is 154 Å². The van der Waals surface area contributed by atoms with Gasteiger partial charge in [0.05, 0.1) is 24.9 Å². The van der Waals surface area contributed by atoms with Crippen molar-refractivity contribution >= 4 is 22.6 Å². The number of rotatable bonds is 5. The van der Waals surface area contributed by atoms with E-state index in [9.17, 15) is 4.79 Å². The molecule has 1 atom stereocenters. The van der Waals surface area contributed by atoms with Crippen LogP contribution in [-0.4, -0.2) is 47.0 Å². The number of urea groups is 1. The van der Waals surface area contributed by atoms with Gasteiger partial charge in [-0.1, -0.05) is 12.8 Å². The minimum atomic E-state index is 0.0432. The van der Waals surface area contributed by atoms with E-state index >= 15 is 0 Å². The number of benzene rings is 1. The summed E-state index contributed by atoms with van der Waals surface area (Å²) in [5, 5.41) is 8.60. The van der Waals surface area contributed by atoms with Gasteiger partial charge in [-0.3, -0.25) is 4.68 Å². The van der Waals surface area contributed by atoms with Crippen LogP contribution in [0.4, 0.5) is 10.5 Å². The first-order chi connectivity index (χ1) is 12.8. The molecule has 1 aliphatic heterocycles. The molecule has 4 rings (SSSR count). The lowest BCUT2D eigenvalue weighted by molar-refractivity contribution is 0.184. The molecule has 140 valence electrons. The molecule has 1 saturated carbocycles. The van der Waals surface area contributed by atoms with Gasteiger partial charge in [0.15, 0.2) is 0 Å². The minimum Gasteiger partial charge on any atom is -0.383 e. The predicted octanol–water partition coefficient (Wildman–Crippen LogP) is 3.87. The molecule has 1 aliphatic carbocycles. The Kier molecular flexibility index (Phi) is 5.11. The van der Waals surface area contributed by atoms with Crippen molar-refractivity contribution in [1.29, 1.82) is 0 Å². The lowest BCUT2D eigenvalue weighted by atomic mass is 9.96. The van der Waals surface area contributed by atoms with Crippen LogP contribution in [0.15, 0.2) is 24.4 Å². The van der Waals surface area contributed by atoms with E-state index in [2.05, 4.69) is 15.3 Å². The zero-order chi connectivity index (χ0) is 17.9. The zero-order valence-electron chi connectivity index (χ0n) is 15.5. The summed E-state index contributed by atoms with van der Waals surface area (Å²) in [5.41, 5.74) is 1.85. The van der Waals surface area contributed by atoms with Crippen molar-refractivity contribution in [3.8, 4) is 0 Å². The van der Waals surface area contributed by atoms with Gasteiger partial charge < -0.3 is 15.0 Å². The molecular formula is C20H28N4O2. The number of hydrogen-bond acceptors (Lipinski definition) is 3. The van der Waals surface area contributed by atoms with Gasteiger partial charge >= 0.3 is 6.03 Å². The molecular weight excluding hydrogens is 328 g/mol. The first-order valence-corrected chi connectivity index (χ1v) is 9.78. The van der Waals surface area contributed by atoms with Crippen LogP contribution in [0.2, 0.25) is 0 Å². The van der Waals surface area contributed by atoms with Crippen molar-refractivity contribution in [2.45, 2.75) is 51.1 Å². The summed E-state index contributed by atoms with van der Waals surface area (Å²) in [6.45, 7) is 2.19. The molecule has 6 nitrogen and oxygen atoms in total. The molecule has 1 N–H and O–H groups in total. The molecule has 2 heterocycles. The summed E-state index contributed by atoms with van der Waals surface area (Å²) < 4.78 is 7.07. The third kappa shape index (κ3) is 3.43. The molecule has 2 aliphatic rings.